The molecule has 0 saturated carbocycles. The first kappa shape index (κ1) is 14.6. The number of hydrogen-bond acceptors (Lipinski definition) is 4. The number of amides is 1. The predicted molar refractivity (Wildman–Crippen MR) is 86.0 cm³/mol. The van der Waals surface area contributed by atoms with Gasteiger partial charge in [-0.25, -0.2) is 4.98 Å². The van der Waals surface area contributed by atoms with Crippen molar-refractivity contribution in [1.82, 2.24) is 10.3 Å². The van der Waals surface area contributed by atoms with E-state index in [0.29, 0.717) is 16.5 Å². The van der Waals surface area contributed by atoms with E-state index < -0.39 is 5.60 Å². The van der Waals surface area contributed by atoms with E-state index in [-0.39, 0.29) is 12.5 Å². The minimum absolute atomic E-state index is 0.183. The number of nitrogens with zero attached hydrogens (tertiary/aromatic N) is 1. The number of halogens is 1. The normalized spacial score (nSPS) is 21.6. The first-order chi connectivity index (χ1) is 10.1. The summed E-state index contributed by atoms with van der Waals surface area (Å²) in [4.78, 5) is 16.4. The molecule has 0 bridgehead atoms. The zero-order chi connectivity index (χ0) is 14.9. The van der Waals surface area contributed by atoms with E-state index >= 15 is 0 Å². The Balaban J connectivity index is 1.73. The van der Waals surface area contributed by atoms with Gasteiger partial charge in [0, 0.05) is 23.2 Å². The quantitative estimate of drug-likeness (QED) is 0.852. The van der Waals surface area contributed by atoms with Crippen LogP contribution in [0.3, 0.4) is 0 Å². The molecule has 1 aliphatic rings. The number of thioether (sulfide) groups is 1. The van der Waals surface area contributed by atoms with Crippen LogP contribution in [-0.2, 0) is 0 Å². The molecule has 2 N–H and O–H groups in total. The van der Waals surface area contributed by atoms with Gasteiger partial charge < -0.3 is 10.4 Å². The first-order valence-electron chi connectivity index (χ1n) is 6.70. The van der Waals surface area contributed by atoms with Gasteiger partial charge in [-0.1, -0.05) is 11.6 Å². The lowest BCUT2D eigenvalue weighted by molar-refractivity contribution is 0.0612. The second-order valence-corrected chi connectivity index (χ2v) is 6.74. The highest BCUT2D eigenvalue weighted by atomic mass is 35.5. The van der Waals surface area contributed by atoms with Crippen LogP contribution in [0.15, 0.2) is 30.3 Å². The van der Waals surface area contributed by atoms with Crippen molar-refractivity contribution in [2.45, 2.75) is 12.0 Å². The summed E-state index contributed by atoms with van der Waals surface area (Å²) >= 11 is 7.55. The molecule has 1 saturated heterocycles. The van der Waals surface area contributed by atoms with Gasteiger partial charge in [-0.2, -0.15) is 11.8 Å². The van der Waals surface area contributed by atoms with Crippen LogP contribution in [0.1, 0.15) is 16.8 Å². The molecule has 4 nitrogen and oxygen atoms in total. The van der Waals surface area contributed by atoms with Crippen molar-refractivity contribution in [1.29, 1.82) is 0 Å². The van der Waals surface area contributed by atoms with Gasteiger partial charge in [-0.3, -0.25) is 4.79 Å². The van der Waals surface area contributed by atoms with Crippen LogP contribution in [0.2, 0.25) is 5.15 Å². The van der Waals surface area contributed by atoms with Gasteiger partial charge in [0.1, 0.15) is 5.15 Å². The van der Waals surface area contributed by atoms with Crippen molar-refractivity contribution in [3.05, 3.63) is 41.0 Å². The lowest BCUT2D eigenvalue weighted by Crippen LogP contribution is -2.42. The van der Waals surface area contributed by atoms with Crippen molar-refractivity contribution in [2.24, 2.45) is 0 Å². The molecule has 1 fully saturated rings. The standard InChI is InChI=1S/C15H15ClN2O2S/c16-13-4-2-10-7-11(1-3-12(10)18-13)14(19)17-8-15(20)5-6-21-9-15/h1-4,7,20H,5-6,8-9H2,(H,17,19). The summed E-state index contributed by atoms with van der Waals surface area (Å²) in [6, 6.07) is 8.80. The highest BCUT2D eigenvalue weighted by Crippen LogP contribution is 2.27. The highest BCUT2D eigenvalue weighted by molar-refractivity contribution is 7.99. The maximum atomic E-state index is 12.2. The molecule has 1 atom stereocenters. The van der Waals surface area contributed by atoms with E-state index in [2.05, 4.69) is 10.3 Å². The van der Waals surface area contributed by atoms with Crippen molar-refractivity contribution < 1.29 is 9.90 Å². The zero-order valence-corrected chi connectivity index (χ0v) is 12.9. The fourth-order valence-corrected chi connectivity index (χ4v) is 3.77. The van der Waals surface area contributed by atoms with Crippen LogP contribution < -0.4 is 5.32 Å². The Morgan fingerprint density at radius 1 is 1.43 bits per heavy atom. The minimum Gasteiger partial charge on any atom is -0.387 e. The van der Waals surface area contributed by atoms with E-state index in [1.807, 2.05) is 6.07 Å². The van der Waals surface area contributed by atoms with Gasteiger partial charge in [0.2, 0.25) is 0 Å². The molecule has 110 valence electrons. The Morgan fingerprint density at radius 2 is 2.29 bits per heavy atom. The van der Waals surface area contributed by atoms with Crippen molar-refractivity contribution >= 4 is 40.2 Å². The number of aliphatic hydroxyl groups is 1. The average Bonchev–Trinajstić information content (AvgIpc) is 2.91. The monoisotopic (exact) mass is 322 g/mol. The molecule has 1 amide bonds. The second-order valence-electron chi connectivity index (χ2n) is 5.25. The number of nitrogens with one attached hydrogen (secondary N) is 1. The third-order valence-electron chi connectivity index (χ3n) is 3.58. The molecule has 1 aliphatic heterocycles. The van der Waals surface area contributed by atoms with E-state index in [0.717, 1.165) is 23.1 Å². The maximum absolute atomic E-state index is 12.2. The van der Waals surface area contributed by atoms with Crippen molar-refractivity contribution in [3.8, 4) is 0 Å². The molecule has 21 heavy (non-hydrogen) atoms. The Kier molecular flexibility index (Phi) is 4.06. The second kappa shape index (κ2) is 5.83. The number of benzene rings is 1. The summed E-state index contributed by atoms with van der Waals surface area (Å²) in [5.74, 6) is 1.43. The van der Waals surface area contributed by atoms with Crippen molar-refractivity contribution in [3.63, 3.8) is 0 Å². The lowest BCUT2D eigenvalue weighted by atomic mass is 10.0. The molecular formula is C15H15ClN2O2S. The number of fused-ring (bicyclic) bond motifs is 1. The molecule has 1 aromatic carbocycles. The van der Waals surface area contributed by atoms with E-state index in [9.17, 15) is 9.90 Å². The summed E-state index contributed by atoms with van der Waals surface area (Å²) in [7, 11) is 0. The molecule has 1 unspecified atom stereocenters. The van der Waals surface area contributed by atoms with E-state index in [4.69, 9.17) is 11.6 Å². The van der Waals surface area contributed by atoms with Crippen LogP contribution in [0.5, 0.6) is 0 Å². The fraction of sp³-hybridized carbons (Fsp3) is 0.333. The number of carbonyl (C=O) groups is 1. The van der Waals surface area contributed by atoms with E-state index in [1.165, 1.54) is 0 Å². The average molecular weight is 323 g/mol. The van der Waals surface area contributed by atoms with E-state index in [1.54, 1.807) is 36.0 Å². The summed E-state index contributed by atoms with van der Waals surface area (Å²) in [6.45, 7) is 0.287. The molecule has 1 aromatic heterocycles. The predicted octanol–water partition coefficient (Wildman–Crippen LogP) is 2.49. The highest BCUT2D eigenvalue weighted by Gasteiger charge is 2.32. The Hall–Kier alpha value is -1.30. The largest absolute Gasteiger partial charge is 0.387 e. The van der Waals surface area contributed by atoms with Gasteiger partial charge in [0.15, 0.2) is 0 Å². The number of hydrogen-bond donors (Lipinski definition) is 2. The molecule has 0 spiro atoms. The smallest absolute Gasteiger partial charge is 0.251 e. The van der Waals surface area contributed by atoms with Gasteiger partial charge in [-0.15, -0.1) is 0 Å². The van der Waals surface area contributed by atoms with Crippen molar-refractivity contribution in [2.75, 3.05) is 18.1 Å². The van der Waals surface area contributed by atoms with Gasteiger partial charge in [0.25, 0.3) is 5.91 Å². The van der Waals surface area contributed by atoms with Crippen LogP contribution >= 0.6 is 23.4 Å². The summed E-state index contributed by atoms with van der Waals surface area (Å²) in [5.41, 5.74) is 0.539. The summed E-state index contributed by atoms with van der Waals surface area (Å²) in [5, 5.41) is 14.3. The van der Waals surface area contributed by atoms with Crippen LogP contribution in [-0.4, -0.2) is 39.6 Å². The lowest BCUT2D eigenvalue weighted by Gasteiger charge is -2.21. The fourth-order valence-electron chi connectivity index (χ4n) is 2.32. The molecule has 2 heterocycles. The number of carbonyl (C=O) groups excluding carboxylic acids is 1. The Bertz CT molecular complexity index is 686. The number of pyridine rings is 1. The SMILES string of the molecule is O=C(NCC1(O)CCSC1)c1ccc2nc(Cl)ccc2c1. The molecule has 0 aliphatic carbocycles. The van der Waals surface area contributed by atoms with Crippen LogP contribution in [0, 0.1) is 0 Å². The zero-order valence-electron chi connectivity index (χ0n) is 11.3. The summed E-state index contributed by atoms with van der Waals surface area (Å²) in [6.07, 6.45) is 0.720. The first-order valence-corrected chi connectivity index (χ1v) is 8.24. The number of rotatable bonds is 3. The summed E-state index contributed by atoms with van der Waals surface area (Å²) < 4.78 is 0. The minimum atomic E-state index is -0.772. The third-order valence-corrected chi connectivity index (χ3v) is 5.02. The third kappa shape index (κ3) is 3.31. The topological polar surface area (TPSA) is 62.2 Å². The molecule has 3 rings (SSSR count). The van der Waals surface area contributed by atoms with Crippen LogP contribution in [0.25, 0.3) is 10.9 Å². The molecule has 6 heteroatoms. The Labute approximate surface area is 131 Å². The molecular weight excluding hydrogens is 308 g/mol. The Morgan fingerprint density at radius 3 is 3.05 bits per heavy atom. The van der Waals surface area contributed by atoms with Gasteiger partial charge in [-0.05, 0) is 42.5 Å². The number of aromatic nitrogens is 1. The maximum Gasteiger partial charge on any atom is 0.251 e. The van der Waals surface area contributed by atoms with Crippen LogP contribution in [0.4, 0.5) is 0 Å². The molecule has 2 aromatic rings. The van der Waals surface area contributed by atoms with Gasteiger partial charge >= 0.3 is 0 Å². The van der Waals surface area contributed by atoms with Gasteiger partial charge in [0.05, 0.1) is 11.1 Å². The molecule has 0 radical (unpaired) electrons.